The Morgan fingerprint density at radius 2 is 1.56 bits per heavy atom. The van der Waals surface area contributed by atoms with Gasteiger partial charge in [-0.05, 0) is 43.5 Å². The van der Waals surface area contributed by atoms with Gasteiger partial charge in [-0.2, -0.15) is 0 Å². The van der Waals surface area contributed by atoms with Crippen molar-refractivity contribution in [2.24, 2.45) is 5.41 Å². The van der Waals surface area contributed by atoms with Crippen molar-refractivity contribution in [1.29, 1.82) is 0 Å². The molecule has 132 valence electrons. The molecule has 0 atom stereocenters. The van der Waals surface area contributed by atoms with Crippen molar-refractivity contribution in [3.63, 3.8) is 0 Å². The van der Waals surface area contributed by atoms with E-state index in [1.165, 1.54) is 5.56 Å². The summed E-state index contributed by atoms with van der Waals surface area (Å²) in [6, 6.07) is 17.4. The Labute approximate surface area is 149 Å². The number of hydrogen-bond acceptors (Lipinski definition) is 2. The van der Waals surface area contributed by atoms with Crippen LogP contribution in [-0.2, 0) is 22.6 Å². The monoisotopic (exact) mass is 338 g/mol. The smallest absolute Gasteiger partial charge is 0.239 e. The molecular weight excluding hydrogens is 312 g/mol. The molecule has 0 aromatic heterocycles. The number of aryl methyl sites for hydroxylation is 1. The van der Waals surface area contributed by atoms with E-state index in [1.807, 2.05) is 54.6 Å². The highest BCUT2D eigenvalue weighted by Crippen LogP contribution is 2.22. The molecule has 4 nitrogen and oxygen atoms in total. The van der Waals surface area contributed by atoms with Crippen molar-refractivity contribution >= 4 is 17.5 Å². The number of nitrogens with zero attached hydrogens (tertiary/aromatic N) is 1. The van der Waals surface area contributed by atoms with Crippen molar-refractivity contribution < 1.29 is 9.59 Å². The van der Waals surface area contributed by atoms with Crippen LogP contribution in [0.4, 0.5) is 5.69 Å². The van der Waals surface area contributed by atoms with Gasteiger partial charge in [-0.15, -0.1) is 0 Å². The van der Waals surface area contributed by atoms with Crippen LogP contribution in [0.3, 0.4) is 0 Å². The van der Waals surface area contributed by atoms with Gasteiger partial charge in [0.1, 0.15) is 5.41 Å². The first-order chi connectivity index (χ1) is 11.8. The molecule has 0 aliphatic carbocycles. The van der Waals surface area contributed by atoms with Gasteiger partial charge in [0, 0.05) is 19.3 Å². The second kappa shape index (κ2) is 7.97. The molecule has 0 aliphatic heterocycles. The molecule has 25 heavy (non-hydrogen) atoms. The van der Waals surface area contributed by atoms with E-state index >= 15 is 0 Å². The third-order valence-electron chi connectivity index (χ3n) is 4.33. The number of hydrogen-bond donors (Lipinski definition) is 1. The van der Waals surface area contributed by atoms with Gasteiger partial charge in [-0.25, -0.2) is 0 Å². The molecule has 0 saturated carbocycles. The summed E-state index contributed by atoms with van der Waals surface area (Å²) in [6.07, 6.45) is 0.947. The second-order valence-corrected chi connectivity index (χ2v) is 6.78. The average Bonchev–Trinajstić information content (AvgIpc) is 2.62. The molecular formula is C21H26N2O2. The highest BCUT2D eigenvalue weighted by atomic mass is 16.2. The molecule has 0 heterocycles. The number of amides is 2. The maximum absolute atomic E-state index is 12.8. The van der Waals surface area contributed by atoms with E-state index in [9.17, 15) is 9.59 Å². The summed E-state index contributed by atoms with van der Waals surface area (Å²) in [7, 11) is 1.72. The molecule has 1 N–H and O–H groups in total. The molecule has 0 unspecified atom stereocenters. The summed E-state index contributed by atoms with van der Waals surface area (Å²) in [5, 5.41) is 2.85. The Bertz CT molecular complexity index is 721. The van der Waals surface area contributed by atoms with E-state index in [2.05, 4.69) is 12.2 Å². The van der Waals surface area contributed by atoms with Gasteiger partial charge in [-0.3, -0.25) is 9.59 Å². The van der Waals surface area contributed by atoms with Crippen LogP contribution in [-0.4, -0.2) is 23.8 Å². The maximum atomic E-state index is 12.8. The van der Waals surface area contributed by atoms with Crippen LogP contribution in [0.2, 0.25) is 0 Å². The van der Waals surface area contributed by atoms with Crippen molar-refractivity contribution in [2.75, 3.05) is 12.4 Å². The summed E-state index contributed by atoms with van der Waals surface area (Å²) in [5.74, 6) is -0.513. The van der Waals surface area contributed by atoms with Crippen LogP contribution in [0.15, 0.2) is 54.6 Å². The highest BCUT2D eigenvalue weighted by molar-refractivity contribution is 6.09. The largest absolute Gasteiger partial charge is 0.341 e. The van der Waals surface area contributed by atoms with E-state index < -0.39 is 5.41 Å². The third-order valence-corrected chi connectivity index (χ3v) is 4.33. The van der Waals surface area contributed by atoms with E-state index in [-0.39, 0.29) is 11.8 Å². The second-order valence-electron chi connectivity index (χ2n) is 6.78. The van der Waals surface area contributed by atoms with Crippen molar-refractivity contribution in [3.05, 3.63) is 65.7 Å². The lowest BCUT2D eigenvalue weighted by Gasteiger charge is -2.28. The van der Waals surface area contributed by atoms with Crippen molar-refractivity contribution in [1.82, 2.24) is 4.90 Å². The van der Waals surface area contributed by atoms with Gasteiger partial charge in [0.05, 0.1) is 0 Å². The summed E-state index contributed by atoms with van der Waals surface area (Å²) >= 11 is 0. The van der Waals surface area contributed by atoms with Crippen LogP contribution in [0.1, 0.15) is 31.9 Å². The minimum atomic E-state index is -1.15. The normalized spacial score (nSPS) is 11.0. The van der Waals surface area contributed by atoms with Crippen LogP contribution in [0.5, 0.6) is 0 Å². The molecule has 0 saturated heterocycles. The predicted molar refractivity (Wildman–Crippen MR) is 101 cm³/mol. The van der Waals surface area contributed by atoms with Crippen molar-refractivity contribution in [2.45, 2.75) is 33.7 Å². The Kier molecular flexibility index (Phi) is 5.97. The first kappa shape index (κ1) is 18.7. The number of benzene rings is 2. The van der Waals surface area contributed by atoms with E-state index in [0.29, 0.717) is 12.2 Å². The minimum Gasteiger partial charge on any atom is -0.341 e. The first-order valence-electron chi connectivity index (χ1n) is 8.54. The highest BCUT2D eigenvalue weighted by Gasteiger charge is 2.38. The van der Waals surface area contributed by atoms with Gasteiger partial charge in [0.25, 0.3) is 0 Å². The van der Waals surface area contributed by atoms with Gasteiger partial charge in [0.2, 0.25) is 11.8 Å². The fourth-order valence-electron chi connectivity index (χ4n) is 2.61. The molecule has 0 radical (unpaired) electrons. The minimum absolute atomic E-state index is 0.209. The lowest BCUT2D eigenvalue weighted by Crippen LogP contribution is -2.45. The molecule has 2 rings (SSSR count). The standard InChI is InChI=1S/C21H26N2O2/c1-5-16-11-13-18(14-12-16)22-19(24)21(2,3)20(25)23(4)15-17-9-7-6-8-10-17/h6-14H,5,15H2,1-4H3,(H,22,24). The summed E-state index contributed by atoms with van der Waals surface area (Å²) in [5.41, 5.74) is 1.79. The molecule has 2 aromatic carbocycles. The Morgan fingerprint density at radius 1 is 0.960 bits per heavy atom. The Balaban J connectivity index is 2.04. The van der Waals surface area contributed by atoms with Crippen LogP contribution < -0.4 is 5.32 Å². The number of carbonyl (C=O) groups excluding carboxylic acids is 2. The molecule has 0 spiro atoms. The van der Waals surface area contributed by atoms with E-state index in [4.69, 9.17) is 0 Å². The topological polar surface area (TPSA) is 49.4 Å². The summed E-state index contributed by atoms with van der Waals surface area (Å²) in [6.45, 7) is 5.87. The van der Waals surface area contributed by atoms with Gasteiger partial charge in [0.15, 0.2) is 0 Å². The van der Waals surface area contributed by atoms with E-state index in [0.717, 1.165) is 12.0 Å². The quantitative estimate of drug-likeness (QED) is 0.813. The van der Waals surface area contributed by atoms with Crippen LogP contribution in [0.25, 0.3) is 0 Å². The molecule has 0 bridgehead atoms. The van der Waals surface area contributed by atoms with Gasteiger partial charge in [-0.1, -0.05) is 49.4 Å². The molecule has 2 amide bonds. The lowest BCUT2D eigenvalue weighted by molar-refractivity contribution is -0.145. The maximum Gasteiger partial charge on any atom is 0.239 e. The van der Waals surface area contributed by atoms with Gasteiger partial charge >= 0.3 is 0 Å². The molecule has 0 fully saturated rings. The SMILES string of the molecule is CCc1ccc(NC(=O)C(C)(C)C(=O)N(C)Cc2ccccc2)cc1. The molecule has 0 aliphatic rings. The zero-order valence-corrected chi connectivity index (χ0v) is 15.4. The first-order valence-corrected chi connectivity index (χ1v) is 8.54. The third kappa shape index (κ3) is 4.69. The fourth-order valence-corrected chi connectivity index (χ4v) is 2.61. The Morgan fingerprint density at radius 3 is 2.12 bits per heavy atom. The van der Waals surface area contributed by atoms with Crippen LogP contribution >= 0.6 is 0 Å². The average molecular weight is 338 g/mol. The van der Waals surface area contributed by atoms with Crippen LogP contribution in [0, 0.1) is 5.41 Å². The molecule has 2 aromatic rings. The predicted octanol–water partition coefficient (Wildman–Crippen LogP) is 3.87. The van der Waals surface area contributed by atoms with E-state index in [1.54, 1.807) is 25.8 Å². The van der Waals surface area contributed by atoms with Gasteiger partial charge < -0.3 is 10.2 Å². The van der Waals surface area contributed by atoms with Crippen molar-refractivity contribution in [3.8, 4) is 0 Å². The number of nitrogens with one attached hydrogen (secondary N) is 1. The zero-order valence-electron chi connectivity index (χ0n) is 15.4. The summed E-state index contributed by atoms with van der Waals surface area (Å²) < 4.78 is 0. The fraction of sp³-hybridized carbons (Fsp3) is 0.333. The zero-order chi connectivity index (χ0) is 18.4. The number of anilines is 1. The lowest BCUT2D eigenvalue weighted by atomic mass is 9.90. The summed E-state index contributed by atoms with van der Waals surface area (Å²) in [4.78, 5) is 27.0. The Hall–Kier alpha value is -2.62. The number of rotatable bonds is 6. The molecule has 4 heteroatoms. The number of carbonyl (C=O) groups is 2.